The third-order valence-corrected chi connectivity index (χ3v) is 10.7. The molecule has 1 aromatic heterocycles. The predicted octanol–water partition coefficient (Wildman–Crippen LogP) is 7.43. The van der Waals surface area contributed by atoms with Gasteiger partial charge in [-0.2, -0.15) is 0 Å². The predicted molar refractivity (Wildman–Crippen MR) is 202 cm³/mol. The molecule has 11 heteroatoms. The molecule has 6 rings (SSSR count). The zero-order chi connectivity index (χ0) is 36.2. The summed E-state index contributed by atoms with van der Waals surface area (Å²) in [5.41, 5.74) is 2.70. The van der Waals surface area contributed by atoms with Crippen LogP contribution in [-0.4, -0.2) is 101 Å². The number of carbonyl (C=O) groups is 1. The number of anilines is 1. The molecule has 3 aliphatic heterocycles. The van der Waals surface area contributed by atoms with Crippen molar-refractivity contribution in [3.8, 4) is 5.75 Å². The first-order valence-electron chi connectivity index (χ1n) is 18.3. The summed E-state index contributed by atoms with van der Waals surface area (Å²) in [5, 5.41) is 0.569. The minimum atomic E-state index is -0.463. The number of carbonyl (C=O) groups excluding carboxylic acids is 1. The van der Waals surface area contributed by atoms with E-state index < -0.39 is 5.60 Å². The van der Waals surface area contributed by atoms with Gasteiger partial charge >= 0.3 is 6.09 Å². The second-order valence-corrected chi connectivity index (χ2v) is 16.2. The van der Waals surface area contributed by atoms with Gasteiger partial charge in [0.1, 0.15) is 18.0 Å². The molecule has 10 nitrogen and oxygen atoms in total. The third kappa shape index (κ3) is 9.50. The largest absolute Gasteiger partial charge is 0.487 e. The van der Waals surface area contributed by atoms with E-state index in [0.29, 0.717) is 29.3 Å². The van der Waals surface area contributed by atoms with E-state index >= 15 is 0 Å². The number of ether oxygens (including phenoxy) is 2. The van der Waals surface area contributed by atoms with Gasteiger partial charge in [0, 0.05) is 75.0 Å². The fourth-order valence-corrected chi connectivity index (χ4v) is 7.72. The van der Waals surface area contributed by atoms with Crippen LogP contribution in [0.4, 0.5) is 16.4 Å². The molecule has 2 unspecified atom stereocenters. The summed E-state index contributed by atoms with van der Waals surface area (Å²) in [6.45, 7) is 26.5. The van der Waals surface area contributed by atoms with E-state index in [0.717, 1.165) is 100 Å². The van der Waals surface area contributed by atoms with E-state index in [9.17, 15) is 4.79 Å². The summed E-state index contributed by atoms with van der Waals surface area (Å²) >= 11 is 6.30. The Labute approximate surface area is 308 Å². The molecule has 0 saturated carbocycles. The first-order valence-corrected chi connectivity index (χ1v) is 18.7. The average molecular weight is 714 g/mol. The lowest BCUT2D eigenvalue weighted by molar-refractivity contribution is 0.0120. The summed E-state index contributed by atoms with van der Waals surface area (Å²) in [6, 6.07) is 16.0. The van der Waals surface area contributed by atoms with Crippen LogP contribution in [0, 0.1) is 12.5 Å². The molecular weight excluding hydrogens is 662 g/mol. The second-order valence-electron chi connectivity index (χ2n) is 15.8. The monoisotopic (exact) mass is 713 g/mol. The lowest BCUT2D eigenvalue weighted by atomic mass is 9.78. The van der Waals surface area contributed by atoms with Gasteiger partial charge in [-0.05, 0) is 94.0 Å². The van der Waals surface area contributed by atoms with Gasteiger partial charge in [-0.1, -0.05) is 43.6 Å². The molecule has 0 aliphatic carbocycles. The fourth-order valence-electron chi connectivity index (χ4n) is 7.49. The van der Waals surface area contributed by atoms with Gasteiger partial charge in [0.2, 0.25) is 5.95 Å². The van der Waals surface area contributed by atoms with Crippen molar-refractivity contribution < 1.29 is 14.3 Å². The van der Waals surface area contributed by atoms with Gasteiger partial charge in [-0.25, -0.2) is 19.6 Å². The van der Waals surface area contributed by atoms with Crippen molar-refractivity contribution >= 4 is 29.3 Å². The minimum absolute atomic E-state index is 0.179. The number of halogens is 1. The Bertz CT molecular complexity index is 1700. The van der Waals surface area contributed by atoms with Gasteiger partial charge in [0.05, 0.1) is 12.3 Å². The maximum absolute atomic E-state index is 12.7. The molecule has 2 atom stereocenters. The minimum Gasteiger partial charge on any atom is -0.487 e. The number of amides is 1. The fraction of sp³-hybridized carbons (Fsp3) is 0.550. The number of piperazine rings is 1. The molecule has 51 heavy (non-hydrogen) atoms. The van der Waals surface area contributed by atoms with E-state index in [1.54, 1.807) is 6.07 Å². The molecule has 0 bridgehead atoms. The van der Waals surface area contributed by atoms with E-state index in [-0.39, 0.29) is 11.5 Å². The van der Waals surface area contributed by atoms with E-state index in [4.69, 9.17) is 32.6 Å². The first kappa shape index (κ1) is 36.9. The Morgan fingerprint density at radius 1 is 0.941 bits per heavy atom. The van der Waals surface area contributed by atoms with Crippen molar-refractivity contribution in [1.82, 2.24) is 24.7 Å². The number of piperidine rings is 1. The molecule has 272 valence electrons. The van der Waals surface area contributed by atoms with Crippen LogP contribution in [0.25, 0.3) is 4.85 Å². The normalized spacial score (nSPS) is 20.6. The molecule has 2 aromatic carbocycles. The van der Waals surface area contributed by atoms with Crippen LogP contribution in [0.1, 0.15) is 70.7 Å². The van der Waals surface area contributed by atoms with Crippen LogP contribution in [0.5, 0.6) is 5.75 Å². The van der Waals surface area contributed by atoms with Crippen molar-refractivity contribution in [3.05, 3.63) is 88.0 Å². The summed E-state index contributed by atoms with van der Waals surface area (Å²) in [7, 11) is 0. The van der Waals surface area contributed by atoms with Crippen LogP contribution in [-0.2, 0) is 16.8 Å². The van der Waals surface area contributed by atoms with Crippen LogP contribution >= 0.6 is 11.6 Å². The molecule has 0 N–H and O–H groups in total. The van der Waals surface area contributed by atoms with Crippen molar-refractivity contribution in [2.75, 3.05) is 63.8 Å². The van der Waals surface area contributed by atoms with Crippen LogP contribution < -0.4 is 9.64 Å². The Hall–Kier alpha value is -3.91. The van der Waals surface area contributed by atoms with Gasteiger partial charge in [-0.3, -0.25) is 9.80 Å². The molecule has 3 aromatic rings. The molecule has 0 radical (unpaired) electrons. The second kappa shape index (κ2) is 15.8. The highest BCUT2D eigenvalue weighted by Gasteiger charge is 2.35. The van der Waals surface area contributed by atoms with Crippen LogP contribution in [0.3, 0.4) is 0 Å². The lowest BCUT2D eigenvalue weighted by Crippen LogP contribution is -2.51. The zero-order valence-electron chi connectivity index (χ0n) is 30.8. The average Bonchev–Trinajstić information content (AvgIpc) is 3.59. The van der Waals surface area contributed by atoms with Gasteiger partial charge < -0.3 is 19.3 Å². The number of benzene rings is 2. The Morgan fingerprint density at radius 3 is 2.43 bits per heavy atom. The Morgan fingerprint density at radius 2 is 1.71 bits per heavy atom. The topological polar surface area (TPSA) is 78.6 Å². The molecule has 4 heterocycles. The zero-order valence-corrected chi connectivity index (χ0v) is 31.5. The van der Waals surface area contributed by atoms with Crippen molar-refractivity contribution in [1.29, 1.82) is 0 Å². The molecule has 3 aliphatic rings. The Kier molecular flexibility index (Phi) is 11.4. The highest BCUT2D eigenvalue weighted by molar-refractivity contribution is 6.31. The van der Waals surface area contributed by atoms with Gasteiger partial charge in [0.15, 0.2) is 5.69 Å². The van der Waals surface area contributed by atoms with Crippen LogP contribution in [0.15, 0.2) is 54.7 Å². The van der Waals surface area contributed by atoms with Crippen molar-refractivity contribution in [3.63, 3.8) is 0 Å². The maximum Gasteiger partial charge on any atom is 0.410 e. The summed E-state index contributed by atoms with van der Waals surface area (Å²) in [6.07, 6.45) is 5.04. The van der Waals surface area contributed by atoms with E-state index in [1.165, 1.54) is 6.42 Å². The first-order chi connectivity index (χ1) is 24.4. The molecule has 0 spiro atoms. The lowest BCUT2D eigenvalue weighted by Gasteiger charge is -2.38. The number of aromatic nitrogens is 2. The highest BCUT2D eigenvalue weighted by atomic mass is 35.5. The Balaban J connectivity index is 0.952. The van der Waals surface area contributed by atoms with Crippen molar-refractivity contribution in [2.24, 2.45) is 5.92 Å². The van der Waals surface area contributed by atoms with Crippen molar-refractivity contribution in [2.45, 2.75) is 77.5 Å². The SMILES string of the molecule is [C-]#[N+]c1cc(Cl)cc(C(C)(C)c2ccc(OCc3ccnc(N4CCN(CC5CCN(C6CCCN(C(=O)OC(C)(C)C)C6)C5)CC4)n3)cc2)c1. The van der Waals surface area contributed by atoms with Crippen LogP contribution in [0.2, 0.25) is 5.02 Å². The van der Waals surface area contributed by atoms with Gasteiger partial charge in [-0.15, -0.1) is 0 Å². The van der Waals surface area contributed by atoms with E-state index in [2.05, 4.69) is 50.5 Å². The third-order valence-electron chi connectivity index (χ3n) is 10.4. The summed E-state index contributed by atoms with van der Waals surface area (Å²) in [5.74, 6) is 2.18. The number of hydrogen-bond donors (Lipinski definition) is 0. The number of nitrogens with zero attached hydrogens (tertiary/aromatic N) is 7. The number of likely N-dealkylation sites (tertiary alicyclic amines) is 2. The molecular formula is C40H52ClN7O3. The highest BCUT2D eigenvalue weighted by Crippen LogP contribution is 2.36. The molecule has 3 saturated heterocycles. The van der Waals surface area contributed by atoms with Gasteiger partial charge in [0.25, 0.3) is 0 Å². The number of rotatable bonds is 9. The smallest absolute Gasteiger partial charge is 0.410 e. The molecule has 3 fully saturated rings. The summed E-state index contributed by atoms with van der Waals surface area (Å²) in [4.78, 5) is 35.1. The standard InChI is InChI=1S/C40H52ClN7O3/c1-39(2,3)51-38(49)48-16-7-8-35(27-48)47-17-14-29(26-47)25-45-18-20-46(21-19-45)37-43-15-13-33(44-37)28-50-36-11-9-30(10-12-36)40(4,5)31-22-32(41)24-34(23-31)42-6/h9-13,15,22-24,29,35H,7-8,14,16-21,25-28H2,1-5H3. The van der Waals surface area contributed by atoms with E-state index in [1.807, 2.05) is 62.2 Å². The number of hydrogen-bond acceptors (Lipinski definition) is 8. The molecule has 1 amide bonds. The maximum atomic E-state index is 12.7. The quantitative estimate of drug-likeness (QED) is 0.212. The summed E-state index contributed by atoms with van der Waals surface area (Å²) < 4.78 is 11.8.